The first kappa shape index (κ1) is 12.9. The molecule has 3 rings (SSSR count). The van der Waals surface area contributed by atoms with Gasteiger partial charge in [-0.3, -0.25) is 4.79 Å². The zero-order valence-corrected chi connectivity index (χ0v) is 10.6. The van der Waals surface area contributed by atoms with Crippen LogP contribution in [0.5, 0.6) is 0 Å². The number of rotatable bonds is 1. The molecular formula is C12H15ClN4O. The first-order chi connectivity index (χ1) is 8.25. The van der Waals surface area contributed by atoms with Crippen molar-refractivity contribution in [1.29, 1.82) is 0 Å². The maximum absolute atomic E-state index is 12.3. The number of fused-ring (bicyclic) bond motifs is 1. The van der Waals surface area contributed by atoms with Gasteiger partial charge in [-0.1, -0.05) is 6.07 Å². The number of pyridine rings is 1. The van der Waals surface area contributed by atoms with Crippen LogP contribution in [0, 0.1) is 0 Å². The Morgan fingerprint density at radius 3 is 3.00 bits per heavy atom. The summed E-state index contributed by atoms with van der Waals surface area (Å²) in [5.74, 6) is 0.0270. The molecule has 5 nitrogen and oxygen atoms in total. The zero-order valence-electron chi connectivity index (χ0n) is 9.82. The quantitative estimate of drug-likeness (QED) is 0.835. The summed E-state index contributed by atoms with van der Waals surface area (Å²) in [6, 6.07) is 5.81. The van der Waals surface area contributed by atoms with Gasteiger partial charge in [0.1, 0.15) is 0 Å². The molecule has 1 saturated heterocycles. The predicted molar refractivity (Wildman–Crippen MR) is 70.9 cm³/mol. The van der Waals surface area contributed by atoms with E-state index < -0.39 is 0 Å². The van der Waals surface area contributed by atoms with E-state index in [1.165, 1.54) is 0 Å². The molecule has 2 aromatic heterocycles. The Hall–Kier alpha value is -1.59. The van der Waals surface area contributed by atoms with E-state index in [2.05, 4.69) is 5.10 Å². The van der Waals surface area contributed by atoms with Gasteiger partial charge in [-0.25, -0.2) is 4.52 Å². The van der Waals surface area contributed by atoms with E-state index in [-0.39, 0.29) is 24.4 Å². The fraction of sp³-hybridized carbons (Fsp3) is 0.333. The molecule has 18 heavy (non-hydrogen) atoms. The average Bonchev–Trinajstić information content (AvgIpc) is 2.94. The molecule has 96 valence electrons. The van der Waals surface area contributed by atoms with Gasteiger partial charge in [-0.15, -0.1) is 12.4 Å². The van der Waals surface area contributed by atoms with Gasteiger partial charge < -0.3 is 10.6 Å². The van der Waals surface area contributed by atoms with Crippen LogP contribution in [0.15, 0.2) is 30.6 Å². The van der Waals surface area contributed by atoms with Gasteiger partial charge in [-0.05, 0) is 18.6 Å². The fourth-order valence-corrected chi connectivity index (χ4v) is 2.24. The van der Waals surface area contributed by atoms with E-state index in [4.69, 9.17) is 5.73 Å². The number of carbonyl (C=O) groups excluding carboxylic acids is 1. The number of nitrogens with two attached hydrogens (primary N) is 1. The minimum atomic E-state index is 0. The van der Waals surface area contributed by atoms with E-state index in [1.807, 2.05) is 24.4 Å². The lowest BCUT2D eigenvalue weighted by atomic mass is 10.2. The first-order valence-electron chi connectivity index (χ1n) is 5.73. The van der Waals surface area contributed by atoms with Crippen LogP contribution >= 0.6 is 12.4 Å². The Morgan fingerprint density at radius 2 is 2.28 bits per heavy atom. The van der Waals surface area contributed by atoms with Gasteiger partial charge in [0.15, 0.2) is 0 Å². The van der Waals surface area contributed by atoms with Crippen molar-refractivity contribution in [1.82, 2.24) is 14.5 Å². The van der Waals surface area contributed by atoms with Crippen LogP contribution in [-0.2, 0) is 0 Å². The molecule has 0 saturated carbocycles. The number of hydrogen-bond acceptors (Lipinski definition) is 3. The third-order valence-corrected chi connectivity index (χ3v) is 3.17. The van der Waals surface area contributed by atoms with Gasteiger partial charge in [0.25, 0.3) is 5.91 Å². The van der Waals surface area contributed by atoms with E-state index in [1.54, 1.807) is 15.6 Å². The lowest BCUT2D eigenvalue weighted by Gasteiger charge is -2.14. The molecule has 0 bridgehead atoms. The maximum atomic E-state index is 12.3. The normalized spacial score (nSPS) is 18.9. The van der Waals surface area contributed by atoms with E-state index >= 15 is 0 Å². The van der Waals surface area contributed by atoms with E-state index in [0.29, 0.717) is 12.1 Å². The molecule has 0 aromatic carbocycles. The highest BCUT2D eigenvalue weighted by atomic mass is 35.5. The molecule has 0 unspecified atom stereocenters. The van der Waals surface area contributed by atoms with Crippen LogP contribution < -0.4 is 5.73 Å². The Bertz CT molecular complexity index is 568. The monoisotopic (exact) mass is 266 g/mol. The largest absolute Gasteiger partial charge is 0.337 e. The average molecular weight is 267 g/mol. The summed E-state index contributed by atoms with van der Waals surface area (Å²) in [5.41, 5.74) is 7.31. The van der Waals surface area contributed by atoms with Crippen molar-refractivity contribution >= 4 is 23.8 Å². The van der Waals surface area contributed by atoms with Crippen molar-refractivity contribution in [2.75, 3.05) is 13.1 Å². The standard InChI is InChI=1S/C12H14N4O.ClH/c13-9-4-6-15(8-9)12(17)10-7-14-16-5-2-1-3-11(10)16;/h1-3,5,7,9H,4,6,8,13H2;1H/t9-;/m0./s1. The van der Waals surface area contributed by atoms with Crippen LogP contribution in [-0.4, -0.2) is 39.6 Å². The van der Waals surface area contributed by atoms with Crippen molar-refractivity contribution in [3.05, 3.63) is 36.2 Å². The van der Waals surface area contributed by atoms with Gasteiger partial charge >= 0.3 is 0 Å². The van der Waals surface area contributed by atoms with Crippen molar-refractivity contribution in [3.63, 3.8) is 0 Å². The molecule has 3 heterocycles. The lowest BCUT2D eigenvalue weighted by Crippen LogP contribution is -2.31. The van der Waals surface area contributed by atoms with Gasteiger partial charge in [0, 0.05) is 25.3 Å². The van der Waals surface area contributed by atoms with Crippen molar-refractivity contribution < 1.29 is 4.79 Å². The molecule has 1 fully saturated rings. The van der Waals surface area contributed by atoms with Crippen LogP contribution in [0.1, 0.15) is 16.8 Å². The molecule has 0 aliphatic carbocycles. The molecule has 2 aromatic rings. The second-order valence-corrected chi connectivity index (χ2v) is 4.39. The third kappa shape index (κ3) is 2.07. The summed E-state index contributed by atoms with van der Waals surface area (Å²) < 4.78 is 1.71. The molecule has 1 aliphatic heterocycles. The molecular weight excluding hydrogens is 252 g/mol. The van der Waals surface area contributed by atoms with E-state index in [9.17, 15) is 4.79 Å². The Labute approximate surface area is 111 Å². The fourth-order valence-electron chi connectivity index (χ4n) is 2.24. The molecule has 1 amide bonds. The summed E-state index contributed by atoms with van der Waals surface area (Å²) in [6.45, 7) is 1.38. The number of aromatic nitrogens is 2. The minimum Gasteiger partial charge on any atom is -0.337 e. The van der Waals surface area contributed by atoms with Crippen molar-refractivity contribution in [2.24, 2.45) is 5.73 Å². The molecule has 0 spiro atoms. The number of nitrogens with zero attached hydrogens (tertiary/aromatic N) is 3. The number of carbonyl (C=O) groups is 1. The van der Waals surface area contributed by atoms with Crippen molar-refractivity contribution in [3.8, 4) is 0 Å². The highest BCUT2D eigenvalue weighted by Gasteiger charge is 2.26. The SMILES string of the molecule is Cl.N[C@H]1CCN(C(=O)c2cnn3ccccc23)C1. The summed E-state index contributed by atoms with van der Waals surface area (Å²) in [6.07, 6.45) is 4.34. The Balaban J connectivity index is 0.00000120. The predicted octanol–water partition coefficient (Wildman–Crippen LogP) is 0.929. The molecule has 6 heteroatoms. The number of halogens is 1. The minimum absolute atomic E-state index is 0. The summed E-state index contributed by atoms with van der Waals surface area (Å²) >= 11 is 0. The second-order valence-electron chi connectivity index (χ2n) is 4.39. The third-order valence-electron chi connectivity index (χ3n) is 3.17. The van der Waals surface area contributed by atoms with Crippen LogP contribution in [0.25, 0.3) is 5.52 Å². The molecule has 1 atom stereocenters. The molecule has 0 radical (unpaired) electrons. The molecule has 1 aliphatic rings. The first-order valence-corrected chi connectivity index (χ1v) is 5.73. The number of hydrogen-bond donors (Lipinski definition) is 1. The highest BCUT2D eigenvalue weighted by molar-refractivity contribution is 6.00. The number of amides is 1. The van der Waals surface area contributed by atoms with Crippen LogP contribution in [0.4, 0.5) is 0 Å². The van der Waals surface area contributed by atoms with Gasteiger partial charge in [-0.2, -0.15) is 5.10 Å². The number of likely N-dealkylation sites (tertiary alicyclic amines) is 1. The van der Waals surface area contributed by atoms with Crippen molar-refractivity contribution in [2.45, 2.75) is 12.5 Å². The second kappa shape index (κ2) is 4.96. The van der Waals surface area contributed by atoms with Crippen LogP contribution in [0.3, 0.4) is 0 Å². The topological polar surface area (TPSA) is 63.6 Å². The van der Waals surface area contributed by atoms with Gasteiger partial charge in [0.2, 0.25) is 0 Å². The zero-order chi connectivity index (χ0) is 11.8. The summed E-state index contributed by atoms with van der Waals surface area (Å²) in [4.78, 5) is 14.1. The maximum Gasteiger partial charge on any atom is 0.257 e. The summed E-state index contributed by atoms with van der Waals surface area (Å²) in [7, 11) is 0. The summed E-state index contributed by atoms with van der Waals surface area (Å²) in [5, 5.41) is 4.17. The molecule has 2 N–H and O–H groups in total. The lowest BCUT2D eigenvalue weighted by molar-refractivity contribution is 0.0793. The highest BCUT2D eigenvalue weighted by Crippen LogP contribution is 2.16. The van der Waals surface area contributed by atoms with E-state index in [0.717, 1.165) is 18.5 Å². The van der Waals surface area contributed by atoms with Crippen LogP contribution in [0.2, 0.25) is 0 Å². The Kier molecular flexibility index (Phi) is 3.54. The van der Waals surface area contributed by atoms with Gasteiger partial charge in [0.05, 0.1) is 17.3 Å². The smallest absolute Gasteiger partial charge is 0.257 e. The Morgan fingerprint density at radius 1 is 1.44 bits per heavy atom.